The maximum absolute atomic E-state index is 12.8. The molecule has 1 saturated heterocycles. The number of methoxy groups -OCH3 is 2. The number of rotatable bonds is 9. The fourth-order valence-electron chi connectivity index (χ4n) is 3.90. The summed E-state index contributed by atoms with van der Waals surface area (Å²) in [5, 5.41) is 2.95. The van der Waals surface area contributed by atoms with Crippen LogP contribution in [-0.2, 0) is 22.7 Å². The highest BCUT2D eigenvalue weighted by atomic mass is 16.5. The quantitative estimate of drug-likeness (QED) is 0.523. The molecule has 1 heterocycles. The van der Waals surface area contributed by atoms with E-state index >= 15 is 0 Å². The van der Waals surface area contributed by atoms with Crippen LogP contribution >= 0.6 is 0 Å². The first-order valence-electron chi connectivity index (χ1n) is 11.1. The van der Waals surface area contributed by atoms with Crippen LogP contribution in [0.4, 0.5) is 5.69 Å². The first-order chi connectivity index (χ1) is 16.6. The van der Waals surface area contributed by atoms with Crippen LogP contribution in [0.2, 0.25) is 0 Å². The summed E-state index contributed by atoms with van der Waals surface area (Å²) < 4.78 is 16.5. The molecule has 34 heavy (non-hydrogen) atoms. The van der Waals surface area contributed by atoms with E-state index in [0.717, 1.165) is 22.6 Å². The normalized spacial score (nSPS) is 15.2. The van der Waals surface area contributed by atoms with Crippen LogP contribution in [0.3, 0.4) is 0 Å². The maximum Gasteiger partial charge on any atom is 0.227 e. The van der Waals surface area contributed by atoms with Crippen molar-refractivity contribution in [3.63, 3.8) is 0 Å². The molecule has 4 rings (SSSR count). The van der Waals surface area contributed by atoms with Crippen molar-refractivity contribution in [2.24, 2.45) is 5.92 Å². The molecule has 1 atom stereocenters. The average molecular weight is 461 g/mol. The molecule has 3 aromatic carbocycles. The minimum absolute atomic E-state index is 0.0631. The summed E-state index contributed by atoms with van der Waals surface area (Å²) in [6.45, 7) is 1.13. The van der Waals surface area contributed by atoms with E-state index in [1.807, 2.05) is 60.7 Å². The van der Waals surface area contributed by atoms with E-state index in [2.05, 4.69) is 5.32 Å². The summed E-state index contributed by atoms with van der Waals surface area (Å²) >= 11 is 0. The fraction of sp³-hybridized carbons (Fsp3) is 0.259. The van der Waals surface area contributed by atoms with E-state index in [9.17, 15) is 9.59 Å². The summed E-state index contributed by atoms with van der Waals surface area (Å²) in [6.07, 6.45) is 0.188. The summed E-state index contributed by atoms with van der Waals surface area (Å²) in [5.41, 5.74) is 2.71. The summed E-state index contributed by atoms with van der Waals surface area (Å²) in [5.74, 6) is 1.35. The lowest BCUT2D eigenvalue weighted by Crippen LogP contribution is -2.32. The molecule has 7 nitrogen and oxygen atoms in total. The Hall–Kier alpha value is -4.00. The van der Waals surface area contributed by atoms with Gasteiger partial charge in [0.05, 0.1) is 20.1 Å². The minimum Gasteiger partial charge on any atom is -0.497 e. The maximum atomic E-state index is 12.8. The molecule has 0 aromatic heterocycles. The number of amides is 2. The van der Waals surface area contributed by atoms with Crippen LogP contribution in [0.15, 0.2) is 72.8 Å². The SMILES string of the molecule is COc1ccc(N2CC(C(=O)NCc3ccc(OCc4ccccc4)c(OC)c3)CC2=O)cc1. The Morgan fingerprint density at radius 3 is 2.41 bits per heavy atom. The Bertz CT molecular complexity index is 1130. The van der Waals surface area contributed by atoms with Gasteiger partial charge in [0, 0.05) is 25.2 Å². The molecule has 2 amide bonds. The van der Waals surface area contributed by atoms with Gasteiger partial charge in [0.1, 0.15) is 12.4 Å². The molecular weight excluding hydrogens is 432 g/mol. The van der Waals surface area contributed by atoms with Gasteiger partial charge in [0.25, 0.3) is 0 Å². The molecular formula is C27H28N2O5. The summed E-state index contributed by atoms with van der Waals surface area (Å²) in [4.78, 5) is 26.9. The number of hydrogen-bond donors (Lipinski definition) is 1. The Labute approximate surface area is 199 Å². The van der Waals surface area contributed by atoms with Crippen LogP contribution in [0.25, 0.3) is 0 Å². The highest BCUT2D eigenvalue weighted by Gasteiger charge is 2.35. The van der Waals surface area contributed by atoms with E-state index in [4.69, 9.17) is 14.2 Å². The van der Waals surface area contributed by atoms with Crippen molar-refractivity contribution >= 4 is 17.5 Å². The standard InChI is InChI=1S/C27H28N2O5/c1-32-23-11-9-22(10-12-23)29-17-21(15-26(29)30)27(31)28-16-20-8-13-24(25(14-20)33-2)34-18-19-6-4-3-5-7-19/h3-14,21H,15-18H2,1-2H3,(H,28,31). The largest absolute Gasteiger partial charge is 0.497 e. The van der Waals surface area contributed by atoms with Crippen molar-refractivity contribution < 1.29 is 23.8 Å². The number of ether oxygens (including phenoxy) is 3. The summed E-state index contributed by atoms with van der Waals surface area (Å²) in [7, 11) is 3.18. The van der Waals surface area contributed by atoms with Gasteiger partial charge >= 0.3 is 0 Å². The molecule has 0 aliphatic carbocycles. The van der Waals surface area contributed by atoms with Gasteiger partial charge in [-0.3, -0.25) is 9.59 Å². The molecule has 3 aromatic rings. The van der Waals surface area contributed by atoms with E-state index in [1.165, 1.54) is 0 Å². The monoisotopic (exact) mass is 460 g/mol. The van der Waals surface area contributed by atoms with E-state index in [-0.39, 0.29) is 18.2 Å². The summed E-state index contributed by atoms with van der Waals surface area (Å²) in [6, 6.07) is 22.7. The molecule has 0 spiro atoms. The van der Waals surface area contributed by atoms with Gasteiger partial charge in [-0.05, 0) is 47.5 Å². The number of carbonyl (C=O) groups is 2. The van der Waals surface area contributed by atoms with Gasteiger partial charge in [-0.1, -0.05) is 36.4 Å². The van der Waals surface area contributed by atoms with Gasteiger partial charge in [0.2, 0.25) is 11.8 Å². The predicted octanol–water partition coefficient (Wildman–Crippen LogP) is 3.95. The van der Waals surface area contributed by atoms with Gasteiger partial charge in [-0.2, -0.15) is 0 Å². The lowest BCUT2D eigenvalue weighted by molar-refractivity contribution is -0.126. The van der Waals surface area contributed by atoms with Gasteiger partial charge in [0.15, 0.2) is 11.5 Å². The lowest BCUT2D eigenvalue weighted by Gasteiger charge is -2.17. The second-order valence-corrected chi connectivity index (χ2v) is 8.08. The average Bonchev–Trinajstić information content (AvgIpc) is 3.28. The second kappa shape index (κ2) is 10.7. The highest BCUT2D eigenvalue weighted by molar-refractivity contribution is 6.00. The molecule has 1 aliphatic heterocycles. The van der Waals surface area contributed by atoms with Crippen LogP contribution in [0.1, 0.15) is 17.5 Å². The first-order valence-corrected chi connectivity index (χ1v) is 11.1. The Morgan fingerprint density at radius 1 is 0.941 bits per heavy atom. The van der Waals surface area contributed by atoms with E-state index in [0.29, 0.717) is 31.2 Å². The fourth-order valence-corrected chi connectivity index (χ4v) is 3.90. The minimum atomic E-state index is -0.398. The zero-order valence-electron chi connectivity index (χ0n) is 19.3. The van der Waals surface area contributed by atoms with Gasteiger partial charge < -0.3 is 24.4 Å². The zero-order chi connectivity index (χ0) is 23.9. The van der Waals surface area contributed by atoms with Crippen molar-refractivity contribution in [3.8, 4) is 17.2 Å². The number of carbonyl (C=O) groups excluding carboxylic acids is 2. The van der Waals surface area contributed by atoms with Crippen LogP contribution < -0.4 is 24.4 Å². The van der Waals surface area contributed by atoms with Crippen molar-refractivity contribution in [2.75, 3.05) is 25.7 Å². The van der Waals surface area contributed by atoms with Crippen molar-refractivity contribution in [2.45, 2.75) is 19.6 Å². The van der Waals surface area contributed by atoms with Crippen molar-refractivity contribution in [3.05, 3.63) is 83.9 Å². The third-order valence-electron chi connectivity index (χ3n) is 5.81. The molecule has 1 unspecified atom stereocenters. The Balaban J connectivity index is 1.32. The zero-order valence-corrected chi connectivity index (χ0v) is 19.3. The molecule has 1 N–H and O–H groups in total. The highest BCUT2D eigenvalue weighted by Crippen LogP contribution is 2.30. The smallest absolute Gasteiger partial charge is 0.227 e. The molecule has 7 heteroatoms. The molecule has 1 fully saturated rings. The number of nitrogens with zero attached hydrogens (tertiary/aromatic N) is 1. The first kappa shape index (κ1) is 23.2. The molecule has 0 radical (unpaired) electrons. The predicted molar refractivity (Wildman–Crippen MR) is 129 cm³/mol. The Morgan fingerprint density at radius 2 is 1.71 bits per heavy atom. The van der Waals surface area contributed by atoms with Crippen LogP contribution in [0, 0.1) is 5.92 Å². The van der Waals surface area contributed by atoms with E-state index < -0.39 is 5.92 Å². The lowest BCUT2D eigenvalue weighted by atomic mass is 10.1. The number of nitrogens with one attached hydrogen (secondary N) is 1. The van der Waals surface area contributed by atoms with Crippen LogP contribution in [0.5, 0.6) is 17.2 Å². The van der Waals surface area contributed by atoms with E-state index in [1.54, 1.807) is 31.3 Å². The topological polar surface area (TPSA) is 77.1 Å². The molecule has 0 bridgehead atoms. The molecule has 0 saturated carbocycles. The third kappa shape index (κ3) is 5.49. The number of anilines is 1. The second-order valence-electron chi connectivity index (χ2n) is 8.08. The van der Waals surface area contributed by atoms with Crippen LogP contribution in [-0.4, -0.2) is 32.6 Å². The third-order valence-corrected chi connectivity index (χ3v) is 5.81. The van der Waals surface area contributed by atoms with Gasteiger partial charge in [-0.15, -0.1) is 0 Å². The molecule has 1 aliphatic rings. The van der Waals surface area contributed by atoms with Crippen molar-refractivity contribution in [1.29, 1.82) is 0 Å². The number of hydrogen-bond acceptors (Lipinski definition) is 5. The van der Waals surface area contributed by atoms with Gasteiger partial charge in [-0.25, -0.2) is 0 Å². The number of benzene rings is 3. The van der Waals surface area contributed by atoms with Crippen molar-refractivity contribution in [1.82, 2.24) is 5.32 Å². The molecule has 176 valence electrons. The Kier molecular flexibility index (Phi) is 7.32.